The van der Waals surface area contributed by atoms with Crippen molar-refractivity contribution in [1.29, 1.82) is 0 Å². The molecule has 4 heteroatoms. The molecule has 2 unspecified atom stereocenters. The molecule has 0 aliphatic carbocycles. The minimum atomic E-state index is -0.514. The van der Waals surface area contributed by atoms with Crippen LogP contribution in [0.15, 0.2) is 18.2 Å². The molecular weight excluding hydrogens is 258 g/mol. The van der Waals surface area contributed by atoms with Gasteiger partial charge in [0.05, 0.1) is 6.04 Å². The predicted molar refractivity (Wildman–Crippen MR) is 77.7 cm³/mol. The number of hydrogen-bond donors (Lipinski definition) is 1. The van der Waals surface area contributed by atoms with Crippen molar-refractivity contribution in [2.75, 3.05) is 20.1 Å². The van der Waals surface area contributed by atoms with Gasteiger partial charge in [0.15, 0.2) is 0 Å². The molecule has 0 aromatic heterocycles. The van der Waals surface area contributed by atoms with Crippen LogP contribution in [0.25, 0.3) is 0 Å². The molecule has 0 saturated carbocycles. The van der Waals surface area contributed by atoms with E-state index in [0.717, 1.165) is 25.6 Å². The molecule has 0 bridgehead atoms. The Labute approximate surface area is 120 Å². The van der Waals surface area contributed by atoms with Crippen molar-refractivity contribution in [1.82, 2.24) is 10.2 Å². The third kappa shape index (κ3) is 2.86. The van der Waals surface area contributed by atoms with Crippen molar-refractivity contribution in [3.8, 4) is 0 Å². The van der Waals surface area contributed by atoms with Crippen LogP contribution in [0, 0.1) is 11.6 Å². The highest BCUT2D eigenvalue weighted by Gasteiger charge is 2.39. The molecule has 0 spiro atoms. The number of hydrogen-bond acceptors (Lipinski definition) is 2. The van der Waals surface area contributed by atoms with E-state index in [1.165, 1.54) is 25.0 Å². The second kappa shape index (κ2) is 6.19. The number of benzene rings is 1. The van der Waals surface area contributed by atoms with Crippen LogP contribution in [0.2, 0.25) is 0 Å². The maximum Gasteiger partial charge on any atom is 0.126 e. The lowest BCUT2D eigenvalue weighted by Crippen LogP contribution is -2.52. The summed E-state index contributed by atoms with van der Waals surface area (Å²) in [5.74, 6) is -1.03. The van der Waals surface area contributed by atoms with Gasteiger partial charge in [-0.25, -0.2) is 8.78 Å². The average Bonchev–Trinajstić information content (AvgIpc) is 2.92. The van der Waals surface area contributed by atoms with E-state index in [-0.39, 0.29) is 11.6 Å². The molecule has 0 radical (unpaired) electrons. The number of nitrogens with zero attached hydrogens (tertiary/aromatic N) is 1. The quantitative estimate of drug-likeness (QED) is 0.889. The van der Waals surface area contributed by atoms with Crippen LogP contribution in [0.4, 0.5) is 8.78 Å². The van der Waals surface area contributed by atoms with E-state index in [1.807, 2.05) is 7.05 Å². The van der Waals surface area contributed by atoms with Gasteiger partial charge in [0, 0.05) is 11.6 Å². The molecule has 0 amide bonds. The maximum atomic E-state index is 13.5. The van der Waals surface area contributed by atoms with E-state index in [1.54, 1.807) is 0 Å². The minimum absolute atomic E-state index is 0.0872. The molecule has 2 nitrogen and oxygen atoms in total. The maximum absolute atomic E-state index is 13.5. The fraction of sp³-hybridized carbons (Fsp3) is 0.625. The predicted octanol–water partition coefficient (Wildman–Crippen LogP) is 3.49. The molecule has 112 valence electrons. The first-order valence-corrected chi connectivity index (χ1v) is 7.39. The van der Waals surface area contributed by atoms with Crippen molar-refractivity contribution in [2.24, 2.45) is 0 Å². The highest BCUT2D eigenvalue weighted by atomic mass is 19.1. The van der Waals surface area contributed by atoms with E-state index < -0.39 is 11.6 Å². The van der Waals surface area contributed by atoms with Gasteiger partial charge in [-0.3, -0.25) is 4.90 Å². The van der Waals surface area contributed by atoms with E-state index in [0.29, 0.717) is 5.56 Å². The third-order valence-corrected chi connectivity index (χ3v) is 4.67. The van der Waals surface area contributed by atoms with Crippen molar-refractivity contribution in [3.05, 3.63) is 35.4 Å². The molecule has 2 atom stereocenters. The molecule has 20 heavy (non-hydrogen) atoms. The summed E-state index contributed by atoms with van der Waals surface area (Å²) in [4.78, 5) is 2.44. The summed E-state index contributed by atoms with van der Waals surface area (Å²) in [5, 5.41) is 3.27. The van der Waals surface area contributed by atoms with Gasteiger partial charge < -0.3 is 5.32 Å². The van der Waals surface area contributed by atoms with Gasteiger partial charge in [0.1, 0.15) is 11.6 Å². The van der Waals surface area contributed by atoms with E-state index >= 15 is 0 Å². The normalized spacial score (nSPS) is 20.9. The van der Waals surface area contributed by atoms with Crippen LogP contribution >= 0.6 is 0 Å². The smallest absolute Gasteiger partial charge is 0.126 e. The first-order chi connectivity index (χ1) is 9.51. The Bertz CT molecular complexity index is 438. The van der Waals surface area contributed by atoms with Crippen molar-refractivity contribution >= 4 is 0 Å². The molecule has 1 aromatic rings. The second-order valence-electron chi connectivity index (χ2n) is 5.83. The number of rotatable bonds is 5. The molecule has 1 heterocycles. The fourth-order valence-corrected chi connectivity index (χ4v) is 3.42. The van der Waals surface area contributed by atoms with Crippen LogP contribution < -0.4 is 5.32 Å². The Morgan fingerprint density at radius 1 is 1.20 bits per heavy atom. The average molecular weight is 282 g/mol. The van der Waals surface area contributed by atoms with Gasteiger partial charge in [0.2, 0.25) is 0 Å². The molecule has 1 aromatic carbocycles. The first-order valence-electron chi connectivity index (χ1n) is 7.39. The lowest BCUT2D eigenvalue weighted by molar-refractivity contribution is 0.0870. The van der Waals surface area contributed by atoms with Crippen molar-refractivity contribution in [3.63, 3.8) is 0 Å². The Morgan fingerprint density at radius 2 is 1.75 bits per heavy atom. The monoisotopic (exact) mass is 282 g/mol. The van der Waals surface area contributed by atoms with Crippen molar-refractivity contribution < 1.29 is 8.78 Å². The van der Waals surface area contributed by atoms with E-state index in [4.69, 9.17) is 0 Å². The topological polar surface area (TPSA) is 15.3 Å². The number of likely N-dealkylation sites (N-methyl/N-ethyl adjacent to an activating group) is 1. The Hall–Kier alpha value is -1.00. The van der Waals surface area contributed by atoms with Crippen LogP contribution in [-0.2, 0) is 0 Å². The molecule has 1 saturated heterocycles. The molecule has 2 rings (SSSR count). The van der Waals surface area contributed by atoms with Crippen LogP contribution in [0.5, 0.6) is 0 Å². The van der Waals surface area contributed by atoms with Gasteiger partial charge in [0.25, 0.3) is 0 Å². The highest BCUT2D eigenvalue weighted by molar-refractivity contribution is 5.25. The van der Waals surface area contributed by atoms with Gasteiger partial charge in [-0.05, 0) is 64.0 Å². The van der Waals surface area contributed by atoms with Crippen LogP contribution in [0.1, 0.15) is 44.7 Å². The molecule has 1 N–H and O–H groups in total. The van der Waals surface area contributed by atoms with Crippen LogP contribution in [-0.4, -0.2) is 30.6 Å². The summed E-state index contributed by atoms with van der Waals surface area (Å²) >= 11 is 0. The number of likely N-dealkylation sites (tertiary alicyclic amines) is 1. The summed E-state index contributed by atoms with van der Waals surface area (Å²) in [6, 6.07) is 3.72. The third-order valence-electron chi connectivity index (χ3n) is 4.67. The zero-order valence-electron chi connectivity index (χ0n) is 12.5. The Morgan fingerprint density at radius 3 is 2.20 bits per heavy atom. The Balaban J connectivity index is 2.37. The lowest BCUT2D eigenvalue weighted by atomic mass is 9.83. The fourth-order valence-electron chi connectivity index (χ4n) is 3.42. The summed E-state index contributed by atoms with van der Waals surface area (Å²) in [7, 11) is 1.86. The zero-order valence-corrected chi connectivity index (χ0v) is 12.5. The highest BCUT2D eigenvalue weighted by Crippen LogP contribution is 2.36. The zero-order chi connectivity index (χ0) is 14.8. The molecule has 1 aliphatic rings. The molecule has 1 aliphatic heterocycles. The number of nitrogens with one attached hydrogen (secondary N) is 1. The molecular formula is C16H24F2N2. The van der Waals surface area contributed by atoms with Gasteiger partial charge in [-0.2, -0.15) is 0 Å². The van der Waals surface area contributed by atoms with E-state index in [2.05, 4.69) is 24.1 Å². The van der Waals surface area contributed by atoms with Gasteiger partial charge in [-0.15, -0.1) is 0 Å². The summed E-state index contributed by atoms with van der Waals surface area (Å²) in [6.45, 7) is 6.43. The SMILES string of the molecule is CCC(C)(C(NC)c1cc(F)cc(F)c1)N1CCCC1. The van der Waals surface area contributed by atoms with E-state index in [9.17, 15) is 8.78 Å². The summed E-state index contributed by atoms with van der Waals surface area (Å²) < 4.78 is 27.0. The van der Waals surface area contributed by atoms with Crippen LogP contribution in [0.3, 0.4) is 0 Å². The lowest BCUT2D eigenvalue weighted by Gasteiger charge is -2.44. The van der Waals surface area contributed by atoms with Crippen molar-refractivity contribution in [2.45, 2.75) is 44.7 Å². The summed E-state index contributed by atoms with van der Waals surface area (Å²) in [5.41, 5.74) is 0.548. The first kappa shape index (κ1) is 15.4. The standard InChI is InChI=1S/C16H24F2N2/c1-4-16(2,20-7-5-6-8-20)15(19-3)12-9-13(17)11-14(18)10-12/h9-11,15,19H,4-8H2,1-3H3. The number of halogens is 2. The second-order valence-corrected chi connectivity index (χ2v) is 5.83. The largest absolute Gasteiger partial charge is 0.311 e. The molecule has 1 fully saturated rings. The van der Waals surface area contributed by atoms with Gasteiger partial charge >= 0.3 is 0 Å². The Kier molecular flexibility index (Phi) is 4.76. The summed E-state index contributed by atoms with van der Waals surface area (Å²) in [6.07, 6.45) is 3.32. The van der Waals surface area contributed by atoms with Gasteiger partial charge in [-0.1, -0.05) is 6.92 Å². The minimum Gasteiger partial charge on any atom is -0.311 e.